The van der Waals surface area contributed by atoms with Crippen LogP contribution in [0.5, 0.6) is 0 Å². The van der Waals surface area contributed by atoms with Crippen molar-refractivity contribution in [3.05, 3.63) is 53.6 Å². The topological polar surface area (TPSA) is 34.1 Å². The van der Waals surface area contributed by atoms with Crippen molar-refractivity contribution < 1.29 is 22.8 Å². The minimum Gasteiger partial charge on any atom is -0.294 e. The Morgan fingerprint density at radius 2 is 1.86 bits per heavy atom. The van der Waals surface area contributed by atoms with Gasteiger partial charge in [0.05, 0.1) is 5.92 Å². The normalized spacial score (nSPS) is 21.5. The van der Waals surface area contributed by atoms with Crippen molar-refractivity contribution in [3.8, 4) is 0 Å². The Morgan fingerprint density at radius 1 is 1.18 bits per heavy atom. The molecule has 0 unspecified atom stereocenters. The number of carbonyl (C=O) groups excluding carboxylic acids is 2. The van der Waals surface area contributed by atoms with Gasteiger partial charge in [0.25, 0.3) is 0 Å². The van der Waals surface area contributed by atoms with Crippen LogP contribution in [-0.4, -0.2) is 17.7 Å². The van der Waals surface area contributed by atoms with Gasteiger partial charge in [-0.25, -0.2) is 0 Å². The van der Waals surface area contributed by atoms with Gasteiger partial charge >= 0.3 is 6.18 Å². The number of carbonyl (C=O) groups is 2. The fourth-order valence-electron chi connectivity index (χ4n) is 2.43. The fourth-order valence-corrected chi connectivity index (χ4v) is 2.43. The molecular formula is C17H15F3O2. The molecule has 0 amide bonds. The standard InChI is InChI=1S/C17H15F3O2/c18-17(19,20)16(22)14-11-5-10-13(15(14)21)9-4-8-12-6-2-1-3-7-12/h1-4,6-9,14H,5,10-11H2/b8-4+,13-9+/t14-/m1/s1. The number of rotatable bonds is 3. The van der Waals surface area contributed by atoms with Crippen molar-refractivity contribution in [2.75, 3.05) is 0 Å². The molecule has 0 heterocycles. The summed E-state index contributed by atoms with van der Waals surface area (Å²) in [6.45, 7) is 0. The summed E-state index contributed by atoms with van der Waals surface area (Å²) in [6.07, 6.45) is 0.714. The monoisotopic (exact) mass is 308 g/mol. The van der Waals surface area contributed by atoms with Gasteiger partial charge in [-0.05, 0) is 30.4 Å². The average molecular weight is 308 g/mol. The lowest BCUT2D eigenvalue weighted by atomic mass is 9.81. The summed E-state index contributed by atoms with van der Waals surface area (Å²) < 4.78 is 37.4. The molecule has 0 radical (unpaired) electrons. The number of allylic oxidation sites excluding steroid dienone is 3. The van der Waals surface area contributed by atoms with Crippen LogP contribution < -0.4 is 0 Å². The first-order valence-corrected chi connectivity index (χ1v) is 6.97. The second kappa shape index (κ2) is 6.73. The van der Waals surface area contributed by atoms with Gasteiger partial charge in [-0.1, -0.05) is 48.6 Å². The SMILES string of the molecule is O=C1/C(=C/C=C/c2ccccc2)CCC[C@H]1C(=O)C(F)(F)F. The number of alkyl halides is 3. The summed E-state index contributed by atoms with van der Waals surface area (Å²) in [6, 6.07) is 9.32. The molecule has 0 aromatic heterocycles. The van der Waals surface area contributed by atoms with Gasteiger partial charge in [-0.15, -0.1) is 0 Å². The smallest absolute Gasteiger partial charge is 0.294 e. The third-order valence-electron chi connectivity index (χ3n) is 3.55. The first kappa shape index (κ1) is 16.2. The second-order valence-electron chi connectivity index (χ2n) is 5.13. The van der Waals surface area contributed by atoms with Crippen LogP contribution in [-0.2, 0) is 9.59 Å². The van der Waals surface area contributed by atoms with Gasteiger partial charge in [0, 0.05) is 0 Å². The maximum Gasteiger partial charge on any atom is 0.450 e. The van der Waals surface area contributed by atoms with Crippen LogP contribution in [0.25, 0.3) is 6.08 Å². The van der Waals surface area contributed by atoms with Gasteiger partial charge in [-0.3, -0.25) is 9.59 Å². The lowest BCUT2D eigenvalue weighted by molar-refractivity contribution is -0.177. The molecule has 116 valence electrons. The molecule has 0 saturated heterocycles. The van der Waals surface area contributed by atoms with Crippen LogP contribution in [0.3, 0.4) is 0 Å². The van der Waals surface area contributed by atoms with Gasteiger partial charge in [0.2, 0.25) is 5.78 Å². The van der Waals surface area contributed by atoms with Crippen molar-refractivity contribution in [2.45, 2.75) is 25.4 Å². The van der Waals surface area contributed by atoms with Crippen molar-refractivity contribution >= 4 is 17.6 Å². The lowest BCUT2D eigenvalue weighted by Gasteiger charge is -2.22. The van der Waals surface area contributed by atoms with E-state index in [0.717, 1.165) is 5.56 Å². The van der Waals surface area contributed by atoms with E-state index in [9.17, 15) is 22.8 Å². The molecule has 1 aromatic rings. The molecule has 0 spiro atoms. The van der Waals surface area contributed by atoms with E-state index in [1.54, 1.807) is 12.2 Å². The molecule has 1 saturated carbocycles. The maximum atomic E-state index is 12.5. The quantitative estimate of drug-likeness (QED) is 0.621. The zero-order valence-electron chi connectivity index (χ0n) is 11.8. The molecule has 1 aliphatic carbocycles. The van der Waals surface area contributed by atoms with Crippen molar-refractivity contribution in [3.63, 3.8) is 0 Å². The Bertz CT molecular complexity index is 613. The third-order valence-corrected chi connectivity index (χ3v) is 3.55. The molecule has 0 N–H and O–H groups in total. The molecule has 5 heteroatoms. The Balaban J connectivity index is 2.11. The zero-order valence-corrected chi connectivity index (χ0v) is 11.8. The Labute approximate surface area is 126 Å². The van der Waals surface area contributed by atoms with E-state index < -0.39 is 23.7 Å². The Morgan fingerprint density at radius 3 is 2.50 bits per heavy atom. The largest absolute Gasteiger partial charge is 0.450 e. The molecular weight excluding hydrogens is 293 g/mol. The van der Waals surface area contributed by atoms with Crippen molar-refractivity contribution in [1.82, 2.24) is 0 Å². The predicted molar refractivity (Wildman–Crippen MR) is 77.0 cm³/mol. The fraction of sp³-hybridized carbons (Fsp3) is 0.294. The zero-order chi connectivity index (χ0) is 16.2. The molecule has 1 aromatic carbocycles. The van der Waals surface area contributed by atoms with Crippen LogP contribution >= 0.6 is 0 Å². The van der Waals surface area contributed by atoms with E-state index in [-0.39, 0.29) is 12.0 Å². The summed E-state index contributed by atoms with van der Waals surface area (Å²) >= 11 is 0. The van der Waals surface area contributed by atoms with E-state index in [0.29, 0.717) is 12.8 Å². The first-order valence-electron chi connectivity index (χ1n) is 6.97. The summed E-state index contributed by atoms with van der Waals surface area (Å²) in [5.41, 5.74) is 1.20. The lowest BCUT2D eigenvalue weighted by Crippen LogP contribution is -2.37. The van der Waals surface area contributed by atoms with Crippen LogP contribution in [0.1, 0.15) is 24.8 Å². The predicted octanol–water partition coefficient (Wildman–Crippen LogP) is 4.13. The van der Waals surface area contributed by atoms with E-state index in [1.807, 2.05) is 30.3 Å². The van der Waals surface area contributed by atoms with Crippen molar-refractivity contribution in [1.29, 1.82) is 0 Å². The summed E-state index contributed by atoms with van der Waals surface area (Å²) in [4.78, 5) is 23.3. The number of benzene rings is 1. The van der Waals surface area contributed by atoms with E-state index in [2.05, 4.69) is 0 Å². The molecule has 2 rings (SSSR count). The molecule has 0 aliphatic heterocycles. The number of Topliss-reactive ketones (excluding diaryl/α,β-unsaturated/α-hetero) is 2. The molecule has 0 bridgehead atoms. The highest BCUT2D eigenvalue weighted by Crippen LogP contribution is 2.31. The summed E-state index contributed by atoms with van der Waals surface area (Å²) in [5.74, 6) is -4.22. The maximum absolute atomic E-state index is 12.5. The summed E-state index contributed by atoms with van der Waals surface area (Å²) in [7, 11) is 0. The van der Waals surface area contributed by atoms with E-state index >= 15 is 0 Å². The van der Waals surface area contributed by atoms with Crippen LogP contribution in [0.4, 0.5) is 13.2 Å². The van der Waals surface area contributed by atoms with Crippen LogP contribution in [0, 0.1) is 5.92 Å². The molecule has 1 aliphatic rings. The Hall–Kier alpha value is -2.17. The number of hydrogen-bond acceptors (Lipinski definition) is 2. The third kappa shape index (κ3) is 3.93. The first-order chi connectivity index (χ1) is 10.4. The van der Waals surface area contributed by atoms with Crippen LogP contribution in [0.15, 0.2) is 48.1 Å². The highest BCUT2D eigenvalue weighted by Gasteiger charge is 2.47. The molecule has 1 atom stereocenters. The van der Waals surface area contributed by atoms with Gasteiger partial charge < -0.3 is 0 Å². The van der Waals surface area contributed by atoms with Gasteiger partial charge in [0.15, 0.2) is 5.78 Å². The van der Waals surface area contributed by atoms with E-state index in [4.69, 9.17) is 0 Å². The van der Waals surface area contributed by atoms with E-state index in [1.165, 1.54) is 6.08 Å². The molecule has 2 nitrogen and oxygen atoms in total. The van der Waals surface area contributed by atoms with Crippen molar-refractivity contribution in [2.24, 2.45) is 5.92 Å². The highest BCUT2D eigenvalue weighted by molar-refractivity contribution is 6.12. The number of ketones is 2. The van der Waals surface area contributed by atoms with Gasteiger partial charge in [0.1, 0.15) is 0 Å². The molecule has 1 fully saturated rings. The number of halogens is 3. The second-order valence-corrected chi connectivity index (χ2v) is 5.13. The minimum atomic E-state index is -4.96. The highest BCUT2D eigenvalue weighted by atomic mass is 19.4. The van der Waals surface area contributed by atoms with Crippen LogP contribution in [0.2, 0.25) is 0 Å². The molecule has 22 heavy (non-hydrogen) atoms. The number of hydrogen-bond donors (Lipinski definition) is 0. The Kier molecular flexibility index (Phi) is 4.96. The average Bonchev–Trinajstić information content (AvgIpc) is 2.48. The summed E-state index contributed by atoms with van der Waals surface area (Å²) in [5, 5.41) is 0. The minimum absolute atomic E-state index is 0.0308. The van der Waals surface area contributed by atoms with Gasteiger partial charge in [-0.2, -0.15) is 13.2 Å².